The Morgan fingerprint density at radius 3 is 2.78 bits per heavy atom. The number of nitrogens with one attached hydrogen (secondary N) is 1. The zero-order valence-electron chi connectivity index (χ0n) is 14.1. The van der Waals surface area contributed by atoms with Crippen LogP contribution in [0, 0.1) is 11.6 Å². The van der Waals surface area contributed by atoms with Gasteiger partial charge in [-0.15, -0.1) is 22.7 Å². The number of aromatic nitrogens is 1. The second-order valence-corrected chi connectivity index (χ2v) is 7.35. The number of hydrogen-bond acceptors (Lipinski definition) is 6. The average molecular weight is 408 g/mol. The van der Waals surface area contributed by atoms with Crippen LogP contribution in [0.3, 0.4) is 0 Å². The van der Waals surface area contributed by atoms with Crippen LogP contribution in [-0.4, -0.2) is 23.0 Å². The molecule has 1 atom stereocenters. The van der Waals surface area contributed by atoms with Crippen LogP contribution in [0.2, 0.25) is 0 Å². The highest BCUT2D eigenvalue weighted by Crippen LogP contribution is 2.28. The minimum absolute atomic E-state index is 0.0790. The summed E-state index contributed by atoms with van der Waals surface area (Å²) in [7, 11) is 0. The fourth-order valence-corrected chi connectivity index (χ4v) is 3.80. The summed E-state index contributed by atoms with van der Waals surface area (Å²) in [4.78, 5) is 29.4. The van der Waals surface area contributed by atoms with E-state index in [9.17, 15) is 18.4 Å². The molecule has 0 aliphatic rings. The summed E-state index contributed by atoms with van der Waals surface area (Å²) in [5, 5.41) is 6.77. The van der Waals surface area contributed by atoms with Crippen molar-refractivity contribution in [2.45, 2.75) is 19.4 Å². The number of thiazole rings is 1. The van der Waals surface area contributed by atoms with Crippen molar-refractivity contribution < 1.29 is 23.1 Å². The van der Waals surface area contributed by atoms with Crippen LogP contribution < -0.4 is 5.32 Å². The number of halogens is 2. The third-order valence-corrected chi connectivity index (χ3v) is 5.41. The molecular weight excluding hydrogens is 394 g/mol. The van der Waals surface area contributed by atoms with Crippen LogP contribution in [0.1, 0.15) is 12.6 Å². The lowest BCUT2D eigenvalue weighted by atomic mass is 10.2. The molecule has 9 heteroatoms. The highest BCUT2D eigenvalue weighted by Gasteiger charge is 2.20. The first kappa shape index (κ1) is 19.1. The second-order valence-electron chi connectivity index (χ2n) is 5.54. The Morgan fingerprint density at radius 2 is 2.07 bits per heavy atom. The topological polar surface area (TPSA) is 68.3 Å². The molecule has 0 unspecified atom stereocenters. The minimum atomic E-state index is -1.14. The lowest BCUT2D eigenvalue weighted by molar-refractivity contribution is -0.152. The molecule has 0 bridgehead atoms. The third kappa shape index (κ3) is 4.95. The van der Waals surface area contributed by atoms with E-state index in [1.165, 1.54) is 18.3 Å². The van der Waals surface area contributed by atoms with E-state index in [1.54, 1.807) is 16.7 Å². The maximum absolute atomic E-state index is 13.6. The molecular formula is C18H14F2N2O3S2. The molecule has 0 aliphatic carbocycles. The molecule has 1 aromatic carbocycles. The highest BCUT2D eigenvalue weighted by molar-refractivity contribution is 7.20. The number of ether oxygens (including phenoxy) is 1. The zero-order valence-corrected chi connectivity index (χ0v) is 15.7. The SMILES string of the molecule is C[C@H](OC(=O)Cc1csc(-c2cccs2)n1)C(=O)Nc1ccc(F)cc1F. The largest absolute Gasteiger partial charge is 0.452 e. The van der Waals surface area contributed by atoms with Gasteiger partial charge < -0.3 is 10.1 Å². The van der Waals surface area contributed by atoms with Gasteiger partial charge in [-0.3, -0.25) is 9.59 Å². The van der Waals surface area contributed by atoms with E-state index in [0.29, 0.717) is 11.8 Å². The van der Waals surface area contributed by atoms with Gasteiger partial charge in [-0.25, -0.2) is 13.8 Å². The zero-order chi connectivity index (χ0) is 19.4. The van der Waals surface area contributed by atoms with Crippen LogP contribution in [0.4, 0.5) is 14.5 Å². The van der Waals surface area contributed by atoms with Gasteiger partial charge in [0.05, 0.1) is 22.7 Å². The molecule has 2 aromatic heterocycles. The normalized spacial score (nSPS) is 11.8. The molecule has 140 valence electrons. The number of amides is 1. The van der Waals surface area contributed by atoms with Crippen LogP contribution in [0.5, 0.6) is 0 Å². The fourth-order valence-electron chi connectivity index (χ4n) is 2.17. The number of nitrogens with zero attached hydrogens (tertiary/aromatic N) is 1. The third-order valence-electron chi connectivity index (χ3n) is 3.48. The number of thiophene rings is 1. The standard InChI is InChI=1S/C18H14F2N2O3S2/c1-10(17(24)22-14-5-4-11(19)7-13(14)20)25-16(23)8-12-9-27-18(21-12)15-3-2-6-26-15/h2-7,9-10H,8H2,1H3,(H,22,24)/t10-/m0/s1. The van der Waals surface area contributed by atoms with Gasteiger partial charge in [0, 0.05) is 11.4 Å². The molecule has 0 saturated carbocycles. The Kier molecular flexibility index (Phi) is 5.92. The Hall–Kier alpha value is -2.65. The van der Waals surface area contributed by atoms with Crippen LogP contribution in [0.15, 0.2) is 41.1 Å². The summed E-state index contributed by atoms with van der Waals surface area (Å²) in [6.07, 6.45) is -1.22. The van der Waals surface area contributed by atoms with Gasteiger partial charge in [0.2, 0.25) is 0 Å². The lowest BCUT2D eigenvalue weighted by Crippen LogP contribution is -2.30. The van der Waals surface area contributed by atoms with E-state index in [0.717, 1.165) is 22.0 Å². The van der Waals surface area contributed by atoms with E-state index in [2.05, 4.69) is 10.3 Å². The van der Waals surface area contributed by atoms with Crippen molar-refractivity contribution in [3.05, 3.63) is 58.4 Å². The number of carbonyl (C=O) groups excluding carboxylic acids is 2. The molecule has 5 nitrogen and oxygen atoms in total. The van der Waals surface area contributed by atoms with Crippen molar-refractivity contribution in [3.63, 3.8) is 0 Å². The van der Waals surface area contributed by atoms with E-state index < -0.39 is 29.6 Å². The smallest absolute Gasteiger partial charge is 0.312 e. The van der Waals surface area contributed by atoms with Crippen molar-refractivity contribution in [2.75, 3.05) is 5.32 Å². The highest BCUT2D eigenvalue weighted by atomic mass is 32.1. The van der Waals surface area contributed by atoms with Crippen molar-refractivity contribution in [2.24, 2.45) is 0 Å². The Balaban J connectivity index is 1.54. The number of carbonyl (C=O) groups is 2. The Labute approximate surface area is 161 Å². The molecule has 0 aliphatic heterocycles. The molecule has 2 heterocycles. The fraction of sp³-hybridized carbons (Fsp3) is 0.167. The van der Waals surface area contributed by atoms with Crippen LogP contribution >= 0.6 is 22.7 Å². The van der Waals surface area contributed by atoms with Crippen molar-refractivity contribution >= 4 is 40.2 Å². The molecule has 0 radical (unpaired) electrons. The van der Waals surface area contributed by atoms with Gasteiger partial charge in [0.1, 0.15) is 16.6 Å². The first-order chi connectivity index (χ1) is 12.9. The number of rotatable bonds is 6. The molecule has 0 spiro atoms. The summed E-state index contributed by atoms with van der Waals surface area (Å²) in [6.45, 7) is 1.37. The van der Waals surface area contributed by atoms with Crippen LogP contribution in [0.25, 0.3) is 9.88 Å². The quantitative estimate of drug-likeness (QED) is 0.619. The summed E-state index contributed by atoms with van der Waals surface area (Å²) >= 11 is 2.97. The molecule has 27 heavy (non-hydrogen) atoms. The molecule has 0 saturated heterocycles. The maximum Gasteiger partial charge on any atom is 0.312 e. The number of benzene rings is 1. The van der Waals surface area contributed by atoms with Gasteiger partial charge in [0.25, 0.3) is 5.91 Å². The predicted octanol–water partition coefficient (Wildman–Crippen LogP) is 4.26. The van der Waals surface area contributed by atoms with Crippen molar-refractivity contribution in [1.29, 1.82) is 0 Å². The van der Waals surface area contributed by atoms with Gasteiger partial charge in [-0.05, 0) is 30.5 Å². The molecule has 0 fully saturated rings. The first-order valence-electron chi connectivity index (χ1n) is 7.86. The van der Waals surface area contributed by atoms with Gasteiger partial charge in [0.15, 0.2) is 6.10 Å². The summed E-state index contributed by atoms with van der Waals surface area (Å²) < 4.78 is 31.5. The van der Waals surface area contributed by atoms with Gasteiger partial charge >= 0.3 is 5.97 Å². The number of hydrogen-bond donors (Lipinski definition) is 1. The first-order valence-corrected chi connectivity index (χ1v) is 9.62. The van der Waals surface area contributed by atoms with Crippen molar-refractivity contribution in [1.82, 2.24) is 4.98 Å². The molecule has 3 rings (SSSR count). The van der Waals surface area contributed by atoms with E-state index in [-0.39, 0.29) is 12.1 Å². The minimum Gasteiger partial charge on any atom is -0.452 e. The molecule has 1 amide bonds. The molecule has 1 N–H and O–H groups in total. The van der Waals surface area contributed by atoms with E-state index in [1.807, 2.05) is 17.5 Å². The summed E-state index contributed by atoms with van der Waals surface area (Å²) in [5.41, 5.74) is 0.356. The number of anilines is 1. The molecule has 3 aromatic rings. The second kappa shape index (κ2) is 8.36. The maximum atomic E-state index is 13.6. The van der Waals surface area contributed by atoms with Crippen LogP contribution in [-0.2, 0) is 20.7 Å². The van der Waals surface area contributed by atoms with E-state index >= 15 is 0 Å². The van der Waals surface area contributed by atoms with Gasteiger partial charge in [-0.2, -0.15) is 0 Å². The summed E-state index contributed by atoms with van der Waals surface area (Å²) in [6, 6.07) is 6.62. The van der Waals surface area contributed by atoms with Gasteiger partial charge in [-0.1, -0.05) is 6.07 Å². The Morgan fingerprint density at radius 1 is 1.26 bits per heavy atom. The van der Waals surface area contributed by atoms with E-state index in [4.69, 9.17) is 4.74 Å². The monoisotopic (exact) mass is 408 g/mol. The predicted molar refractivity (Wildman–Crippen MR) is 99.7 cm³/mol. The average Bonchev–Trinajstić information content (AvgIpc) is 3.28. The number of esters is 1. The summed E-state index contributed by atoms with van der Waals surface area (Å²) in [5.74, 6) is -3.01. The van der Waals surface area contributed by atoms with Crippen molar-refractivity contribution in [3.8, 4) is 9.88 Å². The lowest BCUT2D eigenvalue weighted by Gasteiger charge is -2.13. The Bertz CT molecular complexity index is 957.